The van der Waals surface area contributed by atoms with E-state index in [0.717, 1.165) is 0 Å². The van der Waals surface area contributed by atoms with E-state index in [1.165, 1.54) is 0 Å². The van der Waals surface area contributed by atoms with Crippen molar-refractivity contribution in [3.63, 3.8) is 0 Å². The van der Waals surface area contributed by atoms with Crippen LogP contribution >= 0.6 is 0 Å². The molecule has 0 aromatic heterocycles. The Hall–Kier alpha value is -0.700. The molecule has 0 amide bonds. The molecule has 0 unspecified atom stereocenters. The molecule has 11 heteroatoms. The lowest BCUT2D eigenvalue weighted by Gasteiger charge is -2.42. The molecule has 2 aliphatic heterocycles. The van der Waals surface area contributed by atoms with Crippen molar-refractivity contribution in [3.8, 4) is 0 Å². The molecule has 0 saturated carbocycles. The van der Waals surface area contributed by atoms with Gasteiger partial charge >= 0.3 is 0 Å². The van der Waals surface area contributed by atoms with Gasteiger partial charge in [-0.3, -0.25) is 0 Å². The van der Waals surface area contributed by atoms with Gasteiger partial charge in [0, 0.05) is 0 Å². The lowest BCUT2D eigenvalue weighted by molar-refractivity contribution is -0.330. The van der Waals surface area contributed by atoms with E-state index >= 15 is 0 Å². The van der Waals surface area contributed by atoms with Crippen molar-refractivity contribution in [2.24, 2.45) is 5.92 Å². The summed E-state index contributed by atoms with van der Waals surface area (Å²) in [5, 5.41) is 69.0. The van der Waals surface area contributed by atoms with E-state index in [1.807, 2.05) is 19.9 Å². The second-order valence-electron chi connectivity index (χ2n) is 7.55. The van der Waals surface area contributed by atoms with Crippen molar-refractivity contribution in [3.05, 3.63) is 12.2 Å². The van der Waals surface area contributed by atoms with Crippen LogP contribution in [0.4, 0.5) is 0 Å². The van der Waals surface area contributed by atoms with Gasteiger partial charge in [0.25, 0.3) is 0 Å². The highest BCUT2D eigenvalue weighted by Gasteiger charge is 2.47. The van der Waals surface area contributed by atoms with Crippen molar-refractivity contribution in [2.45, 2.75) is 75.3 Å². The van der Waals surface area contributed by atoms with Crippen molar-refractivity contribution in [1.82, 2.24) is 0 Å². The molecule has 2 fully saturated rings. The Morgan fingerprint density at radius 1 is 0.759 bits per heavy atom. The first-order chi connectivity index (χ1) is 13.7. The van der Waals surface area contributed by atoms with Crippen molar-refractivity contribution in [2.75, 3.05) is 19.8 Å². The van der Waals surface area contributed by atoms with Gasteiger partial charge in [-0.25, -0.2) is 0 Å². The fourth-order valence-electron chi connectivity index (χ4n) is 3.06. The van der Waals surface area contributed by atoms with Gasteiger partial charge in [-0.2, -0.15) is 0 Å². The van der Waals surface area contributed by atoms with Crippen LogP contribution in [0, 0.1) is 5.92 Å². The third-order valence-corrected chi connectivity index (χ3v) is 4.82. The van der Waals surface area contributed by atoms with Crippen molar-refractivity contribution in [1.29, 1.82) is 0 Å². The van der Waals surface area contributed by atoms with Gasteiger partial charge in [0.1, 0.15) is 48.8 Å². The molecule has 170 valence electrons. The van der Waals surface area contributed by atoms with Gasteiger partial charge in [0.2, 0.25) is 0 Å². The fourth-order valence-corrected chi connectivity index (χ4v) is 3.06. The van der Waals surface area contributed by atoms with E-state index in [4.69, 9.17) is 18.9 Å². The summed E-state index contributed by atoms with van der Waals surface area (Å²) in [6.45, 7) is 3.07. The summed E-state index contributed by atoms with van der Waals surface area (Å²) in [6, 6.07) is 0. The minimum absolute atomic E-state index is 0.114. The highest BCUT2D eigenvalue weighted by atomic mass is 16.7. The first-order valence-electron chi connectivity index (χ1n) is 9.57. The molecule has 0 aromatic carbocycles. The third-order valence-electron chi connectivity index (χ3n) is 4.82. The zero-order chi connectivity index (χ0) is 21.7. The smallest absolute Gasteiger partial charge is 0.187 e. The van der Waals surface area contributed by atoms with Crippen LogP contribution in [-0.4, -0.2) is 117 Å². The molecule has 2 rings (SSSR count). The third kappa shape index (κ3) is 6.15. The van der Waals surface area contributed by atoms with Crippen molar-refractivity contribution < 1.29 is 54.7 Å². The monoisotopic (exact) mass is 424 g/mol. The highest BCUT2D eigenvalue weighted by molar-refractivity contribution is 4.92. The van der Waals surface area contributed by atoms with Crippen LogP contribution in [0.3, 0.4) is 0 Å². The van der Waals surface area contributed by atoms with E-state index in [0.29, 0.717) is 5.92 Å². The molecule has 10 atom stereocenters. The predicted molar refractivity (Wildman–Crippen MR) is 96.3 cm³/mol. The quantitative estimate of drug-likeness (QED) is 0.196. The Morgan fingerprint density at radius 2 is 1.28 bits per heavy atom. The summed E-state index contributed by atoms with van der Waals surface area (Å²) >= 11 is 0. The van der Waals surface area contributed by atoms with Crippen LogP contribution < -0.4 is 0 Å². The van der Waals surface area contributed by atoms with E-state index in [2.05, 4.69) is 0 Å². The molecule has 0 spiro atoms. The minimum Gasteiger partial charge on any atom is -0.394 e. The largest absolute Gasteiger partial charge is 0.394 e. The van der Waals surface area contributed by atoms with Gasteiger partial charge in [0.15, 0.2) is 12.6 Å². The highest BCUT2D eigenvalue weighted by Crippen LogP contribution is 2.25. The van der Waals surface area contributed by atoms with Gasteiger partial charge in [0.05, 0.1) is 19.8 Å². The molecule has 0 aromatic rings. The van der Waals surface area contributed by atoms with E-state index < -0.39 is 74.6 Å². The van der Waals surface area contributed by atoms with E-state index in [-0.39, 0.29) is 6.61 Å². The van der Waals surface area contributed by atoms with Crippen LogP contribution in [0.2, 0.25) is 0 Å². The first kappa shape index (κ1) is 24.6. The van der Waals surface area contributed by atoms with Gasteiger partial charge in [-0.05, 0) is 5.92 Å². The number of aliphatic hydroxyl groups excluding tert-OH is 7. The Bertz CT molecular complexity index is 514. The average molecular weight is 424 g/mol. The summed E-state index contributed by atoms with van der Waals surface area (Å²) in [4.78, 5) is 0. The molecule has 2 saturated heterocycles. The summed E-state index contributed by atoms with van der Waals surface area (Å²) in [5.41, 5.74) is 0. The Balaban J connectivity index is 1.94. The number of aliphatic hydroxyl groups is 7. The Morgan fingerprint density at radius 3 is 1.83 bits per heavy atom. The van der Waals surface area contributed by atoms with Gasteiger partial charge in [-0.15, -0.1) is 0 Å². The zero-order valence-electron chi connectivity index (χ0n) is 16.4. The van der Waals surface area contributed by atoms with Crippen molar-refractivity contribution >= 4 is 0 Å². The SMILES string of the molecule is CC(C)/C=C/CO[C@@H]1O[C@H](CO[C@@H]2O[C@H](CO)[C@@H](O)[C@H](O)[C@H]2O)[C@@H](O)[C@H](O)[C@H]1O. The van der Waals surface area contributed by atoms with Crippen LogP contribution in [0.25, 0.3) is 0 Å². The minimum atomic E-state index is -1.61. The topological polar surface area (TPSA) is 179 Å². The van der Waals surface area contributed by atoms with Gasteiger partial charge in [-0.1, -0.05) is 26.0 Å². The maximum atomic E-state index is 10.1. The van der Waals surface area contributed by atoms with Crippen LogP contribution in [0.15, 0.2) is 12.2 Å². The number of hydrogen-bond donors (Lipinski definition) is 7. The van der Waals surface area contributed by atoms with Crippen LogP contribution in [0.1, 0.15) is 13.8 Å². The molecule has 0 radical (unpaired) electrons. The van der Waals surface area contributed by atoms with E-state index in [1.54, 1.807) is 6.08 Å². The van der Waals surface area contributed by atoms with Gasteiger partial charge < -0.3 is 54.7 Å². The van der Waals surface area contributed by atoms with Crippen LogP contribution in [-0.2, 0) is 18.9 Å². The Kier molecular flexibility index (Phi) is 9.38. The fraction of sp³-hybridized carbons (Fsp3) is 0.889. The summed E-state index contributed by atoms with van der Waals surface area (Å²) < 4.78 is 21.4. The molecule has 2 heterocycles. The van der Waals surface area contributed by atoms with Crippen LogP contribution in [0.5, 0.6) is 0 Å². The number of allylic oxidation sites excluding steroid dienone is 1. The lowest BCUT2D eigenvalue weighted by Crippen LogP contribution is -2.61. The summed E-state index contributed by atoms with van der Waals surface area (Å²) in [5.74, 6) is 0.308. The predicted octanol–water partition coefficient (Wildman–Crippen LogP) is -3.16. The summed E-state index contributed by atoms with van der Waals surface area (Å²) in [6.07, 6.45) is -10.6. The molecule has 11 nitrogen and oxygen atoms in total. The maximum Gasteiger partial charge on any atom is 0.187 e. The molecule has 0 bridgehead atoms. The first-order valence-corrected chi connectivity index (χ1v) is 9.57. The normalized spacial score (nSPS) is 43.9. The summed E-state index contributed by atoms with van der Waals surface area (Å²) in [7, 11) is 0. The maximum absolute atomic E-state index is 10.1. The average Bonchev–Trinajstić information content (AvgIpc) is 2.69. The molecule has 0 aliphatic carbocycles. The number of hydrogen-bond acceptors (Lipinski definition) is 11. The zero-order valence-corrected chi connectivity index (χ0v) is 16.4. The molecular weight excluding hydrogens is 392 g/mol. The number of rotatable bonds is 8. The second kappa shape index (κ2) is 11.1. The molecule has 2 aliphatic rings. The number of ether oxygens (including phenoxy) is 4. The Labute approximate surface area is 168 Å². The molecular formula is C18H32O11. The lowest BCUT2D eigenvalue weighted by atomic mass is 9.98. The van der Waals surface area contributed by atoms with E-state index in [9.17, 15) is 35.7 Å². The second-order valence-corrected chi connectivity index (χ2v) is 7.55. The molecule has 7 N–H and O–H groups in total. The molecule has 29 heavy (non-hydrogen) atoms. The standard InChI is InChI=1S/C18H32O11/c1-8(2)4-3-5-26-17-15(24)14(23)12(21)10(29-17)7-27-18-16(25)13(22)11(20)9(6-19)28-18/h3-4,8-25H,5-7H2,1-2H3/b4-3+/t9-,10-,11-,12-,13+,14+,15-,16-,17-,18-/m1/s1.